The van der Waals surface area contributed by atoms with Crippen LogP contribution in [0.15, 0.2) is 48.5 Å². The number of anilines is 2. The fourth-order valence-corrected chi connectivity index (χ4v) is 4.82. The van der Waals surface area contributed by atoms with E-state index >= 15 is 0 Å². The predicted molar refractivity (Wildman–Crippen MR) is 145 cm³/mol. The van der Waals surface area contributed by atoms with Crippen molar-refractivity contribution >= 4 is 58.1 Å². The molecule has 2 aliphatic rings. The molecule has 2 amide bonds. The number of amides is 2. The lowest BCUT2D eigenvalue weighted by Crippen LogP contribution is -2.45. The normalized spacial score (nSPS) is 18.3. The van der Waals surface area contributed by atoms with E-state index < -0.39 is 12.0 Å². The van der Waals surface area contributed by atoms with Gasteiger partial charge in [0, 0.05) is 36.9 Å². The van der Waals surface area contributed by atoms with E-state index in [2.05, 4.69) is 10.2 Å². The second-order valence-corrected chi connectivity index (χ2v) is 9.45. The zero-order valence-corrected chi connectivity index (χ0v) is 22.1. The van der Waals surface area contributed by atoms with Gasteiger partial charge in [0.05, 0.1) is 37.5 Å². The molecule has 37 heavy (non-hydrogen) atoms. The quantitative estimate of drug-likeness (QED) is 0.380. The van der Waals surface area contributed by atoms with Gasteiger partial charge in [-0.15, -0.1) is 0 Å². The van der Waals surface area contributed by atoms with Gasteiger partial charge in [-0.1, -0.05) is 11.6 Å². The van der Waals surface area contributed by atoms with Gasteiger partial charge in [0.2, 0.25) is 5.91 Å². The first kappa shape index (κ1) is 27.0. The number of nitrogens with zero attached hydrogens (tertiary/aromatic N) is 3. The summed E-state index contributed by atoms with van der Waals surface area (Å²) in [6.45, 7) is 6.10. The van der Waals surface area contributed by atoms with Gasteiger partial charge < -0.3 is 19.7 Å². The van der Waals surface area contributed by atoms with Gasteiger partial charge in [-0.2, -0.15) is 0 Å². The average molecular weight is 545 g/mol. The Balaban J connectivity index is 1.52. The van der Waals surface area contributed by atoms with E-state index in [9.17, 15) is 14.4 Å². The summed E-state index contributed by atoms with van der Waals surface area (Å²) in [5, 5.41) is 3.72. The number of nitrogens with one attached hydrogen (secondary N) is 1. The summed E-state index contributed by atoms with van der Waals surface area (Å²) in [7, 11) is 0. The van der Waals surface area contributed by atoms with Crippen LogP contribution in [-0.4, -0.2) is 84.7 Å². The van der Waals surface area contributed by atoms with Gasteiger partial charge in [0.15, 0.2) is 5.11 Å². The summed E-state index contributed by atoms with van der Waals surface area (Å²) in [4.78, 5) is 44.1. The Bertz CT molecular complexity index is 1140. The molecular weight excluding hydrogens is 516 g/mol. The number of morpholine rings is 1. The number of carbonyl (C=O) groups excluding carboxylic acids is 3. The molecule has 2 heterocycles. The maximum atomic E-state index is 13.6. The highest BCUT2D eigenvalue weighted by molar-refractivity contribution is 7.80. The topological polar surface area (TPSA) is 91.4 Å². The van der Waals surface area contributed by atoms with Crippen LogP contribution < -0.4 is 10.2 Å². The minimum absolute atomic E-state index is 0.0673. The van der Waals surface area contributed by atoms with E-state index in [4.69, 9.17) is 33.3 Å². The number of hydrogen-bond acceptors (Lipinski definition) is 7. The van der Waals surface area contributed by atoms with Crippen molar-refractivity contribution in [3.8, 4) is 0 Å². The van der Waals surface area contributed by atoms with Gasteiger partial charge in [-0.05, 0) is 67.7 Å². The molecule has 0 bridgehead atoms. The number of halogens is 1. The summed E-state index contributed by atoms with van der Waals surface area (Å²) >= 11 is 11.7. The summed E-state index contributed by atoms with van der Waals surface area (Å²) in [5.41, 5.74) is 1.50. The number of esters is 1. The van der Waals surface area contributed by atoms with E-state index in [0.29, 0.717) is 53.4 Å². The van der Waals surface area contributed by atoms with Gasteiger partial charge in [-0.25, -0.2) is 4.79 Å². The van der Waals surface area contributed by atoms with E-state index in [1.807, 2.05) is 4.90 Å². The molecule has 2 aromatic carbocycles. The van der Waals surface area contributed by atoms with Crippen LogP contribution in [0.25, 0.3) is 0 Å². The maximum Gasteiger partial charge on any atom is 0.338 e. The molecule has 2 saturated heterocycles. The molecule has 0 aliphatic carbocycles. The lowest BCUT2D eigenvalue weighted by atomic mass is 10.1. The third kappa shape index (κ3) is 6.64. The molecule has 0 unspecified atom stereocenters. The van der Waals surface area contributed by atoms with E-state index in [0.717, 1.165) is 13.1 Å². The summed E-state index contributed by atoms with van der Waals surface area (Å²) < 4.78 is 10.5. The van der Waals surface area contributed by atoms with Crippen LogP contribution in [0.5, 0.6) is 0 Å². The van der Waals surface area contributed by atoms with Crippen LogP contribution in [0, 0.1) is 0 Å². The molecule has 0 saturated carbocycles. The Morgan fingerprint density at radius 3 is 2.41 bits per heavy atom. The first-order valence-electron chi connectivity index (χ1n) is 12.1. The van der Waals surface area contributed by atoms with Crippen LogP contribution in [0.4, 0.5) is 11.4 Å². The molecule has 1 N–H and O–H groups in total. The van der Waals surface area contributed by atoms with Gasteiger partial charge in [0.1, 0.15) is 6.04 Å². The first-order valence-corrected chi connectivity index (χ1v) is 12.9. The molecular formula is C26H29ClN4O5S. The number of hydrogen-bond donors (Lipinski definition) is 1. The van der Waals surface area contributed by atoms with Gasteiger partial charge in [-0.3, -0.25) is 19.4 Å². The monoisotopic (exact) mass is 544 g/mol. The number of carbonyl (C=O) groups is 3. The van der Waals surface area contributed by atoms with Gasteiger partial charge in [0.25, 0.3) is 5.91 Å². The highest BCUT2D eigenvalue weighted by atomic mass is 35.5. The number of benzene rings is 2. The highest BCUT2D eigenvalue weighted by Gasteiger charge is 2.44. The second-order valence-electron chi connectivity index (χ2n) is 8.65. The van der Waals surface area contributed by atoms with Crippen molar-refractivity contribution in [2.45, 2.75) is 19.4 Å². The standard InChI is InChI=1S/C26H29ClN4O5S/c1-2-36-25(34)18-3-9-21(10-4-18)31-24(33)22(17-23(32)28-20-7-5-19(27)6-8-20)30(26(31)37)12-11-29-13-15-35-16-14-29/h3-10,22H,2,11-17H2,1H3,(H,28,32)/t22-/m0/s1. The molecule has 196 valence electrons. The van der Waals surface area contributed by atoms with Crippen LogP contribution in [0.1, 0.15) is 23.7 Å². The Labute approximate surface area is 226 Å². The molecule has 0 aromatic heterocycles. The molecule has 4 rings (SSSR count). The second kappa shape index (κ2) is 12.5. The fraction of sp³-hybridized carbons (Fsp3) is 0.385. The molecule has 2 aromatic rings. The summed E-state index contributed by atoms with van der Waals surface area (Å²) in [6, 6.07) is 12.5. The van der Waals surface area contributed by atoms with E-state index in [1.165, 1.54) is 4.90 Å². The van der Waals surface area contributed by atoms with Crippen molar-refractivity contribution in [1.82, 2.24) is 9.80 Å². The Morgan fingerprint density at radius 1 is 1.08 bits per heavy atom. The van der Waals surface area contributed by atoms with Crippen LogP contribution >= 0.6 is 23.8 Å². The Kier molecular flexibility index (Phi) is 9.09. The van der Waals surface area contributed by atoms with Gasteiger partial charge >= 0.3 is 5.97 Å². The molecule has 0 spiro atoms. The molecule has 0 radical (unpaired) electrons. The first-order chi connectivity index (χ1) is 17.9. The summed E-state index contributed by atoms with van der Waals surface area (Å²) in [5.74, 6) is -1.03. The number of thiocarbonyl (C=S) groups is 1. The Morgan fingerprint density at radius 2 is 1.76 bits per heavy atom. The van der Waals surface area contributed by atoms with Crippen molar-refractivity contribution in [3.05, 3.63) is 59.1 Å². The lowest BCUT2D eigenvalue weighted by molar-refractivity contribution is -0.124. The summed E-state index contributed by atoms with van der Waals surface area (Å²) in [6.07, 6.45) is -0.0673. The van der Waals surface area contributed by atoms with Crippen molar-refractivity contribution in [1.29, 1.82) is 0 Å². The molecule has 1 atom stereocenters. The highest BCUT2D eigenvalue weighted by Crippen LogP contribution is 2.28. The van der Waals surface area contributed by atoms with Crippen molar-refractivity contribution < 1.29 is 23.9 Å². The Hall–Kier alpha value is -3.05. The van der Waals surface area contributed by atoms with Crippen LogP contribution in [-0.2, 0) is 19.1 Å². The number of ether oxygens (including phenoxy) is 2. The molecule has 9 nitrogen and oxygen atoms in total. The van der Waals surface area contributed by atoms with Crippen molar-refractivity contribution in [3.63, 3.8) is 0 Å². The predicted octanol–water partition coefficient (Wildman–Crippen LogP) is 3.18. The number of rotatable bonds is 9. The van der Waals surface area contributed by atoms with Crippen molar-refractivity contribution in [2.75, 3.05) is 56.2 Å². The smallest absolute Gasteiger partial charge is 0.338 e. The molecule has 11 heteroatoms. The lowest BCUT2D eigenvalue weighted by Gasteiger charge is -2.30. The average Bonchev–Trinajstić information content (AvgIpc) is 3.13. The third-order valence-corrected chi connectivity index (χ3v) is 6.89. The zero-order chi connectivity index (χ0) is 26.4. The SMILES string of the molecule is CCOC(=O)c1ccc(N2C(=O)[C@H](CC(=O)Nc3ccc(Cl)cc3)N(CCN3CCOCC3)C2=S)cc1. The van der Waals surface area contributed by atoms with E-state index in [1.54, 1.807) is 55.5 Å². The van der Waals surface area contributed by atoms with Crippen LogP contribution in [0.3, 0.4) is 0 Å². The largest absolute Gasteiger partial charge is 0.462 e. The fourth-order valence-electron chi connectivity index (χ4n) is 4.28. The molecule has 2 aliphatic heterocycles. The third-order valence-electron chi connectivity index (χ3n) is 6.22. The van der Waals surface area contributed by atoms with E-state index in [-0.39, 0.29) is 24.8 Å². The van der Waals surface area contributed by atoms with Crippen LogP contribution in [0.2, 0.25) is 5.02 Å². The maximum absolute atomic E-state index is 13.6. The minimum atomic E-state index is -0.759. The molecule has 2 fully saturated rings. The zero-order valence-electron chi connectivity index (χ0n) is 20.5. The minimum Gasteiger partial charge on any atom is -0.462 e. The van der Waals surface area contributed by atoms with Crippen molar-refractivity contribution in [2.24, 2.45) is 0 Å².